The molecule has 0 saturated heterocycles. The number of anilines is 1. The summed E-state index contributed by atoms with van der Waals surface area (Å²) in [6, 6.07) is 7.30. The molecule has 2 aromatic rings. The van der Waals surface area contributed by atoms with Crippen molar-refractivity contribution < 1.29 is 18.9 Å². The summed E-state index contributed by atoms with van der Waals surface area (Å²) >= 11 is 5.72. The topological polar surface area (TPSA) is 101 Å². The SMILES string of the molecule is O=C(NC(=O)c1ccc(F)cc1Cl)Nc1ccc([N+](=O)[O-])cc1. The van der Waals surface area contributed by atoms with Crippen LogP contribution in [0.5, 0.6) is 0 Å². The van der Waals surface area contributed by atoms with Gasteiger partial charge in [-0.15, -0.1) is 0 Å². The monoisotopic (exact) mass is 337 g/mol. The van der Waals surface area contributed by atoms with Gasteiger partial charge in [-0.05, 0) is 30.3 Å². The molecule has 2 rings (SSSR count). The number of rotatable bonds is 3. The van der Waals surface area contributed by atoms with Gasteiger partial charge in [0.25, 0.3) is 11.6 Å². The van der Waals surface area contributed by atoms with E-state index >= 15 is 0 Å². The van der Waals surface area contributed by atoms with Crippen molar-refractivity contribution in [1.29, 1.82) is 0 Å². The van der Waals surface area contributed by atoms with Crippen LogP contribution in [0.3, 0.4) is 0 Å². The van der Waals surface area contributed by atoms with Gasteiger partial charge in [0.1, 0.15) is 5.82 Å². The molecule has 0 bridgehead atoms. The fraction of sp³-hybridized carbons (Fsp3) is 0. The van der Waals surface area contributed by atoms with Crippen molar-refractivity contribution in [2.75, 3.05) is 5.32 Å². The molecular formula is C14H9ClFN3O4. The Hall–Kier alpha value is -3.00. The van der Waals surface area contributed by atoms with E-state index in [-0.39, 0.29) is 22.0 Å². The summed E-state index contributed by atoms with van der Waals surface area (Å²) in [5, 5.41) is 14.7. The van der Waals surface area contributed by atoms with Gasteiger partial charge in [0.05, 0.1) is 15.5 Å². The normalized spacial score (nSPS) is 10.0. The lowest BCUT2D eigenvalue weighted by Crippen LogP contribution is -2.34. The lowest BCUT2D eigenvalue weighted by atomic mass is 10.2. The zero-order valence-corrected chi connectivity index (χ0v) is 12.1. The molecule has 0 aromatic heterocycles. The highest BCUT2D eigenvalue weighted by Gasteiger charge is 2.14. The van der Waals surface area contributed by atoms with Crippen LogP contribution in [0, 0.1) is 15.9 Å². The molecule has 0 atom stereocenters. The highest BCUT2D eigenvalue weighted by molar-refractivity contribution is 6.34. The van der Waals surface area contributed by atoms with E-state index < -0.39 is 22.7 Å². The van der Waals surface area contributed by atoms with E-state index in [1.165, 1.54) is 24.3 Å². The van der Waals surface area contributed by atoms with Crippen LogP contribution in [-0.4, -0.2) is 16.9 Å². The minimum atomic E-state index is -0.857. The van der Waals surface area contributed by atoms with Gasteiger partial charge in [-0.25, -0.2) is 9.18 Å². The van der Waals surface area contributed by atoms with E-state index in [0.29, 0.717) is 0 Å². The fourth-order valence-corrected chi connectivity index (χ4v) is 1.93. The first-order valence-corrected chi connectivity index (χ1v) is 6.56. The average Bonchev–Trinajstić information content (AvgIpc) is 2.47. The van der Waals surface area contributed by atoms with Gasteiger partial charge in [-0.1, -0.05) is 11.6 Å². The summed E-state index contributed by atoms with van der Waals surface area (Å²) in [6.45, 7) is 0. The number of nitro benzene ring substituents is 1. The maximum atomic E-state index is 12.9. The molecule has 0 aliphatic rings. The number of urea groups is 1. The largest absolute Gasteiger partial charge is 0.326 e. The number of amides is 3. The minimum absolute atomic E-state index is 0.0630. The van der Waals surface area contributed by atoms with Gasteiger partial charge in [0, 0.05) is 17.8 Å². The third-order valence-corrected chi connectivity index (χ3v) is 3.05. The molecule has 2 aromatic carbocycles. The lowest BCUT2D eigenvalue weighted by molar-refractivity contribution is -0.384. The number of hydrogen-bond acceptors (Lipinski definition) is 4. The number of halogens is 2. The standard InChI is InChI=1S/C14H9ClFN3O4/c15-12-7-8(16)1-6-11(12)13(20)18-14(21)17-9-2-4-10(5-3-9)19(22)23/h1-7H,(H2,17,18,20,21). The van der Waals surface area contributed by atoms with Crippen LogP contribution < -0.4 is 10.6 Å². The molecule has 0 aliphatic carbocycles. The van der Waals surface area contributed by atoms with Crippen LogP contribution in [0.15, 0.2) is 42.5 Å². The molecule has 0 unspecified atom stereocenters. The molecule has 0 heterocycles. The maximum Gasteiger partial charge on any atom is 0.326 e. The number of non-ortho nitro benzene ring substituents is 1. The van der Waals surface area contributed by atoms with Crippen LogP contribution in [0.2, 0.25) is 5.02 Å². The number of nitrogens with one attached hydrogen (secondary N) is 2. The molecule has 0 spiro atoms. The molecule has 0 aliphatic heterocycles. The van der Waals surface area contributed by atoms with Crippen molar-refractivity contribution in [3.8, 4) is 0 Å². The molecule has 118 valence electrons. The average molecular weight is 338 g/mol. The van der Waals surface area contributed by atoms with Crippen LogP contribution >= 0.6 is 11.6 Å². The number of carbonyl (C=O) groups excluding carboxylic acids is 2. The van der Waals surface area contributed by atoms with Crippen LogP contribution in [0.1, 0.15) is 10.4 Å². The minimum Gasteiger partial charge on any atom is -0.308 e. The Balaban J connectivity index is 2.01. The number of imide groups is 1. The van der Waals surface area contributed by atoms with E-state index in [1.807, 2.05) is 5.32 Å². The van der Waals surface area contributed by atoms with Gasteiger partial charge >= 0.3 is 6.03 Å². The number of carbonyl (C=O) groups is 2. The second-order valence-corrected chi connectivity index (χ2v) is 4.74. The van der Waals surface area contributed by atoms with E-state index in [9.17, 15) is 24.1 Å². The Kier molecular flexibility index (Phi) is 4.87. The van der Waals surface area contributed by atoms with Crippen LogP contribution in [0.4, 0.5) is 20.6 Å². The second-order valence-electron chi connectivity index (χ2n) is 4.34. The Morgan fingerprint density at radius 2 is 1.78 bits per heavy atom. The summed E-state index contributed by atoms with van der Waals surface area (Å²) in [4.78, 5) is 33.5. The van der Waals surface area contributed by atoms with Crippen molar-refractivity contribution in [2.45, 2.75) is 0 Å². The first kappa shape index (κ1) is 16.4. The molecule has 0 fully saturated rings. The summed E-state index contributed by atoms with van der Waals surface area (Å²) in [6.07, 6.45) is 0. The molecule has 9 heteroatoms. The predicted molar refractivity (Wildman–Crippen MR) is 81.0 cm³/mol. The van der Waals surface area contributed by atoms with Crippen LogP contribution in [0.25, 0.3) is 0 Å². The number of hydrogen-bond donors (Lipinski definition) is 2. The molecule has 23 heavy (non-hydrogen) atoms. The molecule has 3 amide bonds. The van der Waals surface area contributed by atoms with Crippen molar-refractivity contribution in [3.63, 3.8) is 0 Å². The van der Waals surface area contributed by atoms with Crippen molar-refractivity contribution in [3.05, 3.63) is 69.0 Å². The smallest absolute Gasteiger partial charge is 0.308 e. The highest BCUT2D eigenvalue weighted by Crippen LogP contribution is 2.17. The molecular weight excluding hydrogens is 329 g/mol. The summed E-state index contributed by atoms with van der Waals surface area (Å²) < 4.78 is 12.9. The third kappa shape index (κ3) is 4.24. The number of nitro groups is 1. The first-order chi connectivity index (χ1) is 10.9. The second kappa shape index (κ2) is 6.84. The van der Waals surface area contributed by atoms with Crippen molar-refractivity contribution in [1.82, 2.24) is 5.32 Å². The summed E-state index contributed by atoms with van der Waals surface area (Å²) in [7, 11) is 0. The maximum absolute atomic E-state index is 12.9. The van der Waals surface area contributed by atoms with E-state index in [0.717, 1.165) is 18.2 Å². The molecule has 7 nitrogen and oxygen atoms in total. The third-order valence-electron chi connectivity index (χ3n) is 2.74. The van der Waals surface area contributed by atoms with Crippen LogP contribution in [-0.2, 0) is 0 Å². The molecule has 0 radical (unpaired) electrons. The highest BCUT2D eigenvalue weighted by atomic mass is 35.5. The number of benzene rings is 2. The predicted octanol–water partition coefficient (Wildman–Crippen LogP) is 3.35. The van der Waals surface area contributed by atoms with Gasteiger partial charge < -0.3 is 5.32 Å². The van der Waals surface area contributed by atoms with Gasteiger partial charge in [-0.3, -0.25) is 20.2 Å². The van der Waals surface area contributed by atoms with E-state index in [4.69, 9.17) is 11.6 Å². The van der Waals surface area contributed by atoms with Crippen molar-refractivity contribution in [2.24, 2.45) is 0 Å². The Bertz CT molecular complexity index is 780. The van der Waals surface area contributed by atoms with Gasteiger partial charge in [0.2, 0.25) is 0 Å². The zero-order chi connectivity index (χ0) is 17.0. The quantitative estimate of drug-likeness (QED) is 0.662. The Morgan fingerprint density at radius 1 is 1.13 bits per heavy atom. The summed E-state index contributed by atoms with van der Waals surface area (Å²) in [5.41, 5.74) is 0.0585. The van der Waals surface area contributed by atoms with E-state index in [1.54, 1.807) is 0 Å². The fourth-order valence-electron chi connectivity index (χ4n) is 1.67. The Morgan fingerprint density at radius 3 is 2.35 bits per heavy atom. The number of nitrogens with zero attached hydrogens (tertiary/aromatic N) is 1. The molecule has 0 saturated carbocycles. The first-order valence-electron chi connectivity index (χ1n) is 6.18. The lowest BCUT2D eigenvalue weighted by Gasteiger charge is -2.07. The van der Waals surface area contributed by atoms with Crippen molar-refractivity contribution >= 4 is 34.9 Å². The Labute approximate surface area is 134 Å². The summed E-state index contributed by atoms with van der Waals surface area (Å²) in [5.74, 6) is -1.42. The zero-order valence-electron chi connectivity index (χ0n) is 11.4. The van der Waals surface area contributed by atoms with Gasteiger partial charge in [-0.2, -0.15) is 0 Å². The van der Waals surface area contributed by atoms with E-state index in [2.05, 4.69) is 5.32 Å². The van der Waals surface area contributed by atoms with Gasteiger partial charge in [0.15, 0.2) is 0 Å². The molecule has 2 N–H and O–H groups in total.